The minimum atomic E-state index is -0.0608. The zero-order chi connectivity index (χ0) is 28.6. The monoisotopic (exact) mass is 544 g/mol. The number of aromatic nitrogens is 4. The number of benzene rings is 3. The van der Waals surface area contributed by atoms with Crippen molar-refractivity contribution in [3.05, 3.63) is 118 Å². The van der Waals surface area contributed by atoms with E-state index in [0.717, 1.165) is 66.6 Å². The lowest BCUT2D eigenvalue weighted by Gasteiger charge is -2.21. The van der Waals surface area contributed by atoms with Gasteiger partial charge in [-0.05, 0) is 88.0 Å². The number of aromatic amines is 2. The molecule has 0 spiro atoms. The van der Waals surface area contributed by atoms with Crippen LogP contribution in [0.2, 0.25) is 0 Å². The Morgan fingerprint density at radius 1 is 0.643 bits per heavy atom. The van der Waals surface area contributed by atoms with Gasteiger partial charge in [0.05, 0.1) is 39.5 Å². The van der Waals surface area contributed by atoms with Gasteiger partial charge in [0.2, 0.25) is 5.78 Å². The highest BCUT2D eigenvalue weighted by molar-refractivity contribution is 6.30. The van der Waals surface area contributed by atoms with E-state index in [1.54, 1.807) is 0 Å². The van der Waals surface area contributed by atoms with Crippen LogP contribution in [0, 0.1) is 0 Å². The predicted octanol–water partition coefficient (Wildman–Crippen LogP) is 8.88. The van der Waals surface area contributed by atoms with E-state index in [2.05, 4.69) is 61.1 Å². The lowest BCUT2D eigenvalue weighted by Crippen LogP contribution is -2.11. The maximum Gasteiger partial charge on any atom is 0.212 e. The highest BCUT2D eigenvalue weighted by Gasteiger charge is 2.29. The van der Waals surface area contributed by atoms with Gasteiger partial charge in [-0.2, -0.15) is 0 Å². The van der Waals surface area contributed by atoms with Gasteiger partial charge in [-0.1, -0.05) is 63.2 Å². The fourth-order valence-corrected chi connectivity index (χ4v) is 6.12. The first kappa shape index (κ1) is 24.5. The summed E-state index contributed by atoms with van der Waals surface area (Å²) in [5, 5.41) is 3.03. The number of H-pyrrole nitrogens is 2. The van der Waals surface area contributed by atoms with E-state index < -0.39 is 0 Å². The molecule has 5 aromatic rings. The van der Waals surface area contributed by atoms with Crippen molar-refractivity contribution in [2.45, 2.75) is 26.2 Å². The summed E-state index contributed by atoms with van der Waals surface area (Å²) in [7, 11) is 0. The van der Waals surface area contributed by atoms with Gasteiger partial charge in [-0.15, -0.1) is 0 Å². The molecule has 3 aliphatic heterocycles. The summed E-state index contributed by atoms with van der Waals surface area (Å²) < 4.78 is 0. The SMILES string of the molecule is CC(C)(C)c1ccc2c(c1)c(-c1ccccc1)c1c3[nH]c(cc4nc(cc5ccc(cc6nc(c32)C=C6)[nH]5)C=C4)C1=O. The van der Waals surface area contributed by atoms with Crippen LogP contribution in [0.4, 0.5) is 0 Å². The van der Waals surface area contributed by atoms with E-state index in [0.29, 0.717) is 11.3 Å². The van der Waals surface area contributed by atoms with Gasteiger partial charge in [0.25, 0.3) is 0 Å². The van der Waals surface area contributed by atoms with E-state index in [1.165, 1.54) is 5.56 Å². The Morgan fingerprint density at radius 2 is 1.33 bits per heavy atom. The maximum absolute atomic E-state index is 14.4. The Balaban J connectivity index is 1.59. The molecule has 202 valence electrons. The lowest BCUT2D eigenvalue weighted by atomic mass is 9.82. The molecule has 3 aliphatic rings. The lowest BCUT2D eigenvalue weighted by molar-refractivity contribution is 0.104. The van der Waals surface area contributed by atoms with Crippen LogP contribution in [-0.4, -0.2) is 25.7 Å². The number of nitrogens with zero attached hydrogens (tertiary/aromatic N) is 2. The van der Waals surface area contributed by atoms with Gasteiger partial charge in [0.15, 0.2) is 0 Å². The molecule has 5 heteroatoms. The molecule has 0 amide bonds. The topological polar surface area (TPSA) is 74.4 Å². The average molecular weight is 545 g/mol. The highest BCUT2D eigenvalue weighted by Crippen LogP contribution is 2.43. The van der Waals surface area contributed by atoms with Gasteiger partial charge >= 0.3 is 0 Å². The van der Waals surface area contributed by atoms with Crippen LogP contribution in [-0.2, 0) is 5.41 Å². The Kier molecular flexibility index (Phi) is 5.16. The normalized spacial score (nSPS) is 13.5. The van der Waals surface area contributed by atoms with Crippen molar-refractivity contribution < 1.29 is 4.79 Å². The first-order valence-corrected chi connectivity index (χ1v) is 14.2. The molecule has 0 saturated carbocycles. The molecule has 0 fully saturated rings. The third kappa shape index (κ3) is 3.89. The molecule has 5 heterocycles. The number of hydrogen-bond donors (Lipinski definition) is 2. The number of carbonyl (C=O) groups is 1. The van der Waals surface area contributed by atoms with Crippen LogP contribution in [0.3, 0.4) is 0 Å². The fourth-order valence-electron chi connectivity index (χ4n) is 6.12. The number of hydrogen-bond acceptors (Lipinski definition) is 3. The molecule has 42 heavy (non-hydrogen) atoms. The van der Waals surface area contributed by atoms with E-state index in [9.17, 15) is 4.79 Å². The first-order chi connectivity index (χ1) is 20.3. The molecule has 2 aromatic heterocycles. The Hall–Kier alpha value is -5.29. The molecule has 5 nitrogen and oxygen atoms in total. The highest BCUT2D eigenvalue weighted by atomic mass is 16.1. The Bertz CT molecular complexity index is 2240. The van der Waals surface area contributed by atoms with Crippen molar-refractivity contribution in [2.24, 2.45) is 0 Å². The van der Waals surface area contributed by atoms with E-state index >= 15 is 0 Å². The summed E-state index contributed by atoms with van der Waals surface area (Å²) in [6, 6.07) is 26.9. The van der Waals surface area contributed by atoms with Gasteiger partial charge in [0.1, 0.15) is 0 Å². The van der Waals surface area contributed by atoms with E-state index in [-0.39, 0.29) is 11.2 Å². The Morgan fingerprint density at radius 3 is 2.07 bits per heavy atom. The van der Waals surface area contributed by atoms with Gasteiger partial charge in [-0.3, -0.25) is 4.79 Å². The third-order valence-electron chi connectivity index (χ3n) is 8.20. The van der Waals surface area contributed by atoms with Gasteiger partial charge in [-0.25, -0.2) is 9.97 Å². The summed E-state index contributed by atoms with van der Waals surface area (Å²) >= 11 is 0. The van der Waals surface area contributed by atoms with Crippen molar-refractivity contribution in [3.63, 3.8) is 0 Å². The second-order valence-corrected chi connectivity index (χ2v) is 12.1. The quantitative estimate of drug-likeness (QED) is 0.217. The summed E-state index contributed by atoms with van der Waals surface area (Å²) in [6.07, 6.45) is 7.99. The van der Waals surface area contributed by atoms with E-state index in [4.69, 9.17) is 9.97 Å². The van der Waals surface area contributed by atoms with Crippen molar-refractivity contribution in [2.75, 3.05) is 0 Å². The minimum absolute atomic E-state index is 0.0436. The minimum Gasteiger partial charge on any atom is -0.355 e. The zero-order valence-electron chi connectivity index (χ0n) is 23.6. The predicted molar refractivity (Wildman–Crippen MR) is 173 cm³/mol. The molecule has 8 rings (SSSR count). The van der Waals surface area contributed by atoms with Crippen molar-refractivity contribution in [3.8, 4) is 11.1 Å². The van der Waals surface area contributed by atoms with Crippen LogP contribution in [0.25, 0.3) is 68.1 Å². The molecule has 3 aromatic carbocycles. The van der Waals surface area contributed by atoms with Crippen molar-refractivity contribution in [1.29, 1.82) is 0 Å². The van der Waals surface area contributed by atoms with Crippen LogP contribution in [0.15, 0.2) is 78.9 Å². The molecule has 0 radical (unpaired) electrons. The Labute approximate surface area is 243 Å². The fraction of sp³-hybridized carbons (Fsp3) is 0.108. The number of carbonyl (C=O) groups excluding carboxylic acids is 1. The molecule has 0 atom stereocenters. The van der Waals surface area contributed by atoms with Crippen LogP contribution in [0.5, 0.6) is 0 Å². The van der Waals surface area contributed by atoms with Crippen molar-refractivity contribution >= 4 is 62.8 Å². The second-order valence-electron chi connectivity index (χ2n) is 12.1. The maximum atomic E-state index is 14.4. The average Bonchev–Trinajstić information content (AvgIpc) is 3.77. The van der Waals surface area contributed by atoms with Crippen LogP contribution >= 0.6 is 0 Å². The second kappa shape index (κ2) is 8.85. The van der Waals surface area contributed by atoms with Crippen LogP contribution in [0.1, 0.15) is 65.2 Å². The largest absolute Gasteiger partial charge is 0.355 e. The standard InChI is InChI=1S/C37H28N4O/c1-37(2,3)22-9-15-28-29(17-22)32(21-7-5-4-6-8-21)34-35-33(28)30-16-14-26(40-30)19-25-11-10-23(38-25)18-24-12-13-27(39-24)20-31(41-35)36(34)42/h4-20,38,41H,1-3H3. The number of fused-ring (bicyclic) bond motifs is 10. The van der Waals surface area contributed by atoms with Crippen molar-refractivity contribution in [1.82, 2.24) is 19.9 Å². The first-order valence-electron chi connectivity index (χ1n) is 14.2. The van der Waals surface area contributed by atoms with Gasteiger partial charge in [0, 0.05) is 22.0 Å². The van der Waals surface area contributed by atoms with Crippen LogP contribution < -0.4 is 0 Å². The molecule has 0 saturated heterocycles. The number of rotatable bonds is 1. The summed E-state index contributed by atoms with van der Waals surface area (Å²) in [5.41, 5.74) is 10.2. The smallest absolute Gasteiger partial charge is 0.212 e. The summed E-state index contributed by atoms with van der Waals surface area (Å²) in [6.45, 7) is 6.66. The molecule has 8 bridgehead atoms. The molecule has 0 unspecified atom stereocenters. The molecular formula is C37H28N4O. The summed E-state index contributed by atoms with van der Waals surface area (Å²) in [4.78, 5) is 31.2. The molecule has 2 N–H and O–H groups in total. The summed E-state index contributed by atoms with van der Waals surface area (Å²) in [5.74, 6) is -0.0436. The number of nitrogens with one attached hydrogen (secondary N) is 2. The third-order valence-corrected chi connectivity index (χ3v) is 8.20. The van der Waals surface area contributed by atoms with Gasteiger partial charge < -0.3 is 9.97 Å². The number of ketones is 1. The molecule has 0 aliphatic carbocycles. The zero-order valence-corrected chi connectivity index (χ0v) is 23.6. The van der Waals surface area contributed by atoms with E-state index in [1.807, 2.05) is 72.8 Å². The molecular weight excluding hydrogens is 516 g/mol.